The highest BCUT2D eigenvalue weighted by atomic mass is 19.4. The molecule has 0 radical (unpaired) electrons. The van der Waals surface area contributed by atoms with Crippen LogP contribution in [0.3, 0.4) is 0 Å². The number of halogens is 3. The summed E-state index contributed by atoms with van der Waals surface area (Å²) >= 11 is 0. The number of hydrogen-bond acceptors (Lipinski definition) is 0. The number of alkyl halides is 3. The monoisotopic (exact) mass is 392 g/mol. The summed E-state index contributed by atoms with van der Waals surface area (Å²) in [6, 6.07) is 17.9. The molecule has 0 aliphatic heterocycles. The lowest BCUT2D eigenvalue weighted by molar-refractivity contribution is -0.137. The number of benzene rings is 3. The average molecular weight is 392 g/mol. The number of fused-ring (bicyclic) bond motifs is 3. The first-order valence-corrected chi connectivity index (χ1v) is 10.2. The first-order valence-electron chi connectivity index (χ1n) is 10.2. The molecule has 29 heavy (non-hydrogen) atoms. The van der Waals surface area contributed by atoms with E-state index in [2.05, 4.69) is 55.2 Å². The second-order valence-electron chi connectivity index (χ2n) is 7.76. The van der Waals surface area contributed by atoms with E-state index in [-0.39, 0.29) is 5.92 Å². The molecule has 3 heteroatoms. The van der Waals surface area contributed by atoms with Crippen molar-refractivity contribution in [1.82, 2.24) is 0 Å². The van der Waals surface area contributed by atoms with Crippen LogP contribution in [0.4, 0.5) is 13.2 Å². The third-order valence-corrected chi connectivity index (χ3v) is 5.89. The zero-order valence-corrected chi connectivity index (χ0v) is 16.4. The Morgan fingerprint density at radius 2 is 1.72 bits per heavy atom. The van der Waals surface area contributed by atoms with Gasteiger partial charge in [-0.25, -0.2) is 0 Å². The zero-order chi connectivity index (χ0) is 20.4. The molecular formula is C26H23F3. The second kappa shape index (κ2) is 7.95. The van der Waals surface area contributed by atoms with E-state index in [1.807, 2.05) is 0 Å². The number of rotatable bonds is 2. The highest BCUT2D eigenvalue weighted by Gasteiger charge is 2.30. The van der Waals surface area contributed by atoms with Crippen LogP contribution in [-0.2, 0) is 12.6 Å². The van der Waals surface area contributed by atoms with Crippen LogP contribution < -0.4 is 0 Å². The lowest BCUT2D eigenvalue weighted by Gasteiger charge is -2.31. The maximum Gasteiger partial charge on any atom is 0.416 e. The van der Waals surface area contributed by atoms with Crippen LogP contribution in [0.25, 0.3) is 10.8 Å². The number of aryl methyl sites for hydroxylation is 1. The predicted octanol–water partition coefficient (Wildman–Crippen LogP) is 7.36. The van der Waals surface area contributed by atoms with E-state index in [0.717, 1.165) is 37.8 Å². The molecule has 0 saturated heterocycles. The summed E-state index contributed by atoms with van der Waals surface area (Å²) in [5.41, 5.74) is 2.65. The van der Waals surface area contributed by atoms with Crippen molar-refractivity contribution in [2.24, 2.45) is 5.92 Å². The minimum absolute atomic E-state index is 0.116. The van der Waals surface area contributed by atoms with Crippen LogP contribution in [0.5, 0.6) is 0 Å². The highest BCUT2D eigenvalue weighted by molar-refractivity contribution is 5.87. The lowest BCUT2D eigenvalue weighted by Crippen LogP contribution is -2.20. The standard InChI is InChI=1S/C26H23F3/c1-2-5-19-11-16-24-22-7-4-3-6-20(22)12-17-25(24)23(19)15-10-18-8-13-21(14-9-18)26(27,28)29/h3-4,6-9,12-14,17,19,23H,2,5,11,16H2,1H3/t19-,23+/m1/s1. The molecule has 0 nitrogen and oxygen atoms in total. The van der Waals surface area contributed by atoms with E-state index in [0.29, 0.717) is 11.5 Å². The van der Waals surface area contributed by atoms with Gasteiger partial charge in [0.15, 0.2) is 0 Å². The molecular weight excluding hydrogens is 369 g/mol. The van der Waals surface area contributed by atoms with Crippen LogP contribution in [0.2, 0.25) is 0 Å². The fourth-order valence-electron chi connectivity index (χ4n) is 4.45. The Kier molecular flexibility index (Phi) is 5.37. The summed E-state index contributed by atoms with van der Waals surface area (Å²) in [5.74, 6) is 7.17. The maximum absolute atomic E-state index is 12.8. The quantitative estimate of drug-likeness (QED) is 0.400. The molecule has 2 atom stereocenters. The number of hydrogen-bond donors (Lipinski definition) is 0. The van der Waals surface area contributed by atoms with Gasteiger partial charge in [-0.05, 0) is 71.3 Å². The summed E-state index contributed by atoms with van der Waals surface area (Å²) in [6.45, 7) is 2.19. The van der Waals surface area contributed by atoms with Crippen LogP contribution in [0.1, 0.15) is 54.4 Å². The Morgan fingerprint density at radius 1 is 0.966 bits per heavy atom. The zero-order valence-electron chi connectivity index (χ0n) is 16.4. The summed E-state index contributed by atoms with van der Waals surface area (Å²) < 4.78 is 38.4. The van der Waals surface area contributed by atoms with Crippen molar-refractivity contribution in [3.8, 4) is 11.8 Å². The van der Waals surface area contributed by atoms with Gasteiger partial charge < -0.3 is 0 Å². The minimum Gasteiger partial charge on any atom is -0.166 e. The molecule has 0 unspecified atom stereocenters. The minimum atomic E-state index is -4.32. The van der Waals surface area contributed by atoms with Crippen LogP contribution >= 0.6 is 0 Å². The molecule has 0 bridgehead atoms. The molecule has 4 rings (SSSR count). The molecule has 148 valence electrons. The van der Waals surface area contributed by atoms with Crippen molar-refractivity contribution in [2.45, 2.75) is 44.7 Å². The van der Waals surface area contributed by atoms with Gasteiger partial charge >= 0.3 is 6.18 Å². The molecule has 0 aromatic heterocycles. The van der Waals surface area contributed by atoms with Crippen molar-refractivity contribution in [3.63, 3.8) is 0 Å². The Labute approximate surface area is 169 Å². The van der Waals surface area contributed by atoms with E-state index >= 15 is 0 Å². The maximum atomic E-state index is 12.8. The third-order valence-electron chi connectivity index (χ3n) is 5.89. The van der Waals surface area contributed by atoms with Crippen molar-refractivity contribution < 1.29 is 13.2 Å². The molecule has 0 heterocycles. The molecule has 0 fully saturated rings. The first-order chi connectivity index (χ1) is 14.0. The molecule has 0 spiro atoms. The van der Waals surface area contributed by atoms with Crippen molar-refractivity contribution in [2.75, 3.05) is 0 Å². The molecule has 0 N–H and O–H groups in total. The molecule has 0 amide bonds. The summed E-state index contributed by atoms with van der Waals surface area (Å²) in [4.78, 5) is 0. The van der Waals surface area contributed by atoms with E-state index in [1.54, 1.807) is 0 Å². The Morgan fingerprint density at radius 3 is 2.45 bits per heavy atom. The van der Waals surface area contributed by atoms with Gasteiger partial charge in [0.1, 0.15) is 0 Å². The third kappa shape index (κ3) is 4.03. The summed E-state index contributed by atoms with van der Waals surface area (Å²) in [6.07, 6.45) is 0.0488. The van der Waals surface area contributed by atoms with Gasteiger partial charge in [-0.1, -0.05) is 61.6 Å². The van der Waals surface area contributed by atoms with E-state index in [4.69, 9.17) is 0 Å². The van der Waals surface area contributed by atoms with Crippen LogP contribution in [-0.4, -0.2) is 0 Å². The smallest absolute Gasteiger partial charge is 0.166 e. The fourth-order valence-corrected chi connectivity index (χ4v) is 4.45. The van der Waals surface area contributed by atoms with Crippen LogP contribution in [0.15, 0.2) is 60.7 Å². The second-order valence-corrected chi connectivity index (χ2v) is 7.76. The Balaban J connectivity index is 1.72. The lowest BCUT2D eigenvalue weighted by atomic mass is 9.72. The van der Waals surface area contributed by atoms with Crippen molar-refractivity contribution >= 4 is 10.8 Å². The molecule has 1 aliphatic rings. The van der Waals surface area contributed by atoms with Crippen LogP contribution in [0, 0.1) is 17.8 Å². The predicted molar refractivity (Wildman–Crippen MR) is 112 cm³/mol. The van der Waals surface area contributed by atoms with Gasteiger partial charge in [0.25, 0.3) is 0 Å². The van der Waals surface area contributed by atoms with E-state index in [1.165, 1.54) is 34.0 Å². The van der Waals surface area contributed by atoms with E-state index < -0.39 is 11.7 Å². The summed E-state index contributed by atoms with van der Waals surface area (Å²) in [7, 11) is 0. The highest BCUT2D eigenvalue weighted by Crippen LogP contribution is 2.41. The molecule has 0 saturated carbocycles. The van der Waals surface area contributed by atoms with Crippen molar-refractivity contribution in [3.05, 3.63) is 82.9 Å². The van der Waals surface area contributed by atoms with E-state index in [9.17, 15) is 13.2 Å². The average Bonchev–Trinajstić information content (AvgIpc) is 2.72. The van der Waals surface area contributed by atoms with Gasteiger partial charge in [-0.15, -0.1) is 0 Å². The van der Waals surface area contributed by atoms with Gasteiger partial charge in [-0.3, -0.25) is 0 Å². The molecule has 3 aromatic carbocycles. The van der Waals surface area contributed by atoms with Gasteiger partial charge in [0.05, 0.1) is 5.56 Å². The summed E-state index contributed by atoms with van der Waals surface area (Å²) in [5, 5.41) is 2.54. The molecule has 1 aliphatic carbocycles. The Bertz CT molecular complexity index is 1070. The Hall–Kier alpha value is -2.73. The molecule has 3 aromatic rings. The van der Waals surface area contributed by atoms with Gasteiger partial charge in [0, 0.05) is 11.5 Å². The topological polar surface area (TPSA) is 0 Å². The SMILES string of the molecule is CCC[C@@H]1CCc2c(ccc3ccccc23)[C@H]1C#Cc1ccc(C(F)(F)F)cc1. The normalized spacial score (nSPS) is 18.8. The largest absolute Gasteiger partial charge is 0.416 e. The van der Waals surface area contributed by atoms with Gasteiger partial charge in [-0.2, -0.15) is 13.2 Å². The van der Waals surface area contributed by atoms with Crippen molar-refractivity contribution in [1.29, 1.82) is 0 Å². The van der Waals surface area contributed by atoms with Gasteiger partial charge in [0.2, 0.25) is 0 Å². The first kappa shape index (κ1) is 19.6. The fraction of sp³-hybridized carbons (Fsp3) is 0.308.